The lowest BCUT2D eigenvalue weighted by Gasteiger charge is -2.31. The van der Waals surface area contributed by atoms with Gasteiger partial charge in [-0.1, -0.05) is 6.58 Å². The van der Waals surface area contributed by atoms with Crippen LogP contribution in [0.1, 0.15) is 0 Å². The molecule has 1 saturated heterocycles. The zero-order chi connectivity index (χ0) is 10.7. The summed E-state index contributed by atoms with van der Waals surface area (Å²) < 4.78 is 0. The number of carbonyl (C=O) groups excluding carboxylic acids is 2. The second-order valence-electron chi connectivity index (χ2n) is 3.38. The van der Waals surface area contributed by atoms with Crippen LogP contribution in [0, 0.1) is 0 Å². The molecular formula is C9H13ClN2O2. The van der Waals surface area contributed by atoms with Gasteiger partial charge in [-0.05, 0) is 5.57 Å². The molecule has 1 heterocycles. The molecule has 14 heavy (non-hydrogen) atoms. The molecule has 0 spiro atoms. The number of nitrogens with zero attached hydrogens (tertiary/aromatic N) is 2. The Bertz CT molecular complexity index is 276. The van der Waals surface area contributed by atoms with E-state index in [-0.39, 0.29) is 24.9 Å². The normalized spacial score (nSPS) is 17.6. The molecule has 0 N–H and O–H groups in total. The van der Waals surface area contributed by atoms with Crippen molar-refractivity contribution in [1.82, 2.24) is 9.80 Å². The van der Waals surface area contributed by atoms with Crippen molar-refractivity contribution in [3.63, 3.8) is 0 Å². The van der Waals surface area contributed by atoms with Gasteiger partial charge in [0.1, 0.15) is 6.54 Å². The summed E-state index contributed by atoms with van der Waals surface area (Å²) in [4.78, 5) is 25.6. The Morgan fingerprint density at radius 3 is 2.64 bits per heavy atom. The highest BCUT2D eigenvalue weighted by molar-refractivity contribution is 6.19. The van der Waals surface area contributed by atoms with Crippen LogP contribution in [-0.4, -0.2) is 54.2 Å². The van der Waals surface area contributed by atoms with Crippen molar-refractivity contribution in [1.29, 1.82) is 0 Å². The molecule has 0 aromatic carbocycles. The average molecular weight is 217 g/mol. The molecule has 0 aromatic heterocycles. The third kappa shape index (κ3) is 2.48. The summed E-state index contributed by atoms with van der Waals surface area (Å²) in [6.45, 7) is 4.35. The van der Waals surface area contributed by atoms with Gasteiger partial charge in [0, 0.05) is 19.5 Å². The van der Waals surface area contributed by atoms with Crippen LogP contribution in [0.25, 0.3) is 0 Å². The summed E-state index contributed by atoms with van der Waals surface area (Å²) in [6, 6.07) is 0. The Kier molecular flexibility index (Phi) is 3.52. The van der Waals surface area contributed by atoms with Crippen LogP contribution in [0.5, 0.6) is 0 Å². The minimum Gasteiger partial charge on any atom is -0.335 e. The van der Waals surface area contributed by atoms with Gasteiger partial charge in [-0.15, -0.1) is 11.6 Å². The van der Waals surface area contributed by atoms with E-state index in [1.54, 1.807) is 7.05 Å². The number of hydrogen-bond acceptors (Lipinski definition) is 2. The van der Waals surface area contributed by atoms with Gasteiger partial charge in [-0.25, -0.2) is 0 Å². The maximum absolute atomic E-state index is 11.4. The van der Waals surface area contributed by atoms with Crippen molar-refractivity contribution in [2.45, 2.75) is 0 Å². The third-order valence-corrected chi connectivity index (χ3v) is 2.46. The monoisotopic (exact) mass is 216 g/mol. The Morgan fingerprint density at radius 1 is 1.43 bits per heavy atom. The predicted molar refractivity (Wildman–Crippen MR) is 54.1 cm³/mol. The minimum atomic E-state index is -0.0571. The van der Waals surface area contributed by atoms with Gasteiger partial charge in [-0.2, -0.15) is 0 Å². The Balaban J connectivity index is 2.57. The van der Waals surface area contributed by atoms with Crippen molar-refractivity contribution < 1.29 is 9.59 Å². The molecule has 78 valence electrons. The SMILES string of the molecule is C=C(CCl)CN1CC(=O)N(C)CC1=O. The fourth-order valence-corrected chi connectivity index (χ4v) is 1.30. The number of alkyl halides is 1. The maximum atomic E-state index is 11.4. The second kappa shape index (κ2) is 4.46. The van der Waals surface area contributed by atoms with Crippen molar-refractivity contribution in [2.24, 2.45) is 0 Å². The molecule has 1 aliphatic heterocycles. The molecule has 1 rings (SSSR count). The Morgan fingerprint density at radius 2 is 2.07 bits per heavy atom. The molecule has 2 amide bonds. The van der Waals surface area contributed by atoms with Crippen LogP contribution in [0.3, 0.4) is 0 Å². The van der Waals surface area contributed by atoms with Gasteiger partial charge < -0.3 is 9.80 Å². The standard InChI is InChI=1S/C9H13ClN2O2/c1-7(3-10)4-12-6-8(13)11(2)5-9(12)14/h1,3-6H2,2H3. The molecule has 0 saturated carbocycles. The van der Waals surface area contributed by atoms with E-state index in [0.717, 1.165) is 5.57 Å². The number of likely N-dealkylation sites (N-methyl/N-ethyl adjacent to an activating group) is 1. The van der Waals surface area contributed by atoms with E-state index in [0.29, 0.717) is 12.4 Å². The van der Waals surface area contributed by atoms with Gasteiger partial charge in [0.2, 0.25) is 11.8 Å². The van der Waals surface area contributed by atoms with Crippen LogP contribution in [-0.2, 0) is 9.59 Å². The zero-order valence-electron chi connectivity index (χ0n) is 8.12. The number of piperazine rings is 1. The van der Waals surface area contributed by atoms with Crippen molar-refractivity contribution in [2.75, 3.05) is 32.6 Å². The lowest BCUT2D eigenvalue weighted by atomic mass is 10.2. The van der Waals surface area contributed by atoms with Crippen LogP contribution >= 0.6 is 11.6 Å². The van der Waals surface area contributed by atoms with E-state index in [1.165, 1.54) is 9.80 Å². The van der Waals surface area contributed by atoms with E-state index < -0.39 is 0 Å². The first-order valence-electron chi connectivity index (χ1n) is 4.29. The van der Waals surface area contributed by atoms with Crippen LogP contribution < -0.4 is 0 Å². The minimum absolute atomic E-state index is 0.0491. The molecule has 0 unspecified atom stereocenters. The number of rotatable bonds is 3. The Labute approximate surface area is 88.1 Å². The molecule has 4 nitrogen and oxygen atoms in total. The highest BCUT2D eigenvalue weighted by Gasteiger charge is 2.27. The van der Waals surface area contributed by atoms with Crippen molar-refractivity contribution >= 4 is 23.4 Å². The van der Waals surface area contributed by atoms with Crippen molar-refractivity contribution in [3.8, 4) is 0 Å². The van der Waals surface area contributed by atoms with Gasteiger partial charge in [0.15, 0.2) is 0 Å². The molecule has 0 aromatic rings. The highest BCUT2D eigenvalue weighted by Crippen LogP contribution is 2.06. The molecule has 0 radical (unpaired) electrons. The summed E-state index contributed by atoms with van der Waals surface area (Å²) in [6.07, 6.45) is 0. The summed E-state index contributed by atoms with van der Waals surface area (Å²) in [5, 5.41) is 0. The first-order chi connectivity index (χ1) is 6.54. The van der Waals surface area contributed by atoms with Crippen molar-refractivity contribution in [3.05, 3.63) is 12.2 Å². The number of halogens is 1. The largest absolute Gasteiger partial charge is 0.335 e. The van der Waals surface area contributed by atoms with Gasteiger partial charge in [0.25, 0.3) is 0 Å². The van der Waals surface area contributed by atoms with Gasteiger partial charge in [0.05, 0.1) is 6.54 Å². The van der Waals surface area contributed by atoms with E-state index in [2.05, 4.69) is 6.58 Å². The maximum Gasteiger partial charge on any atom is 0.242 e. The first kappa shape index (κ1) is 11.0. The highest BCUT2D eigenvalue weighted by atomic mass is 35.5. The Hall–Kier alpha value is -1.03. The van der Waals surface area contributed by atoms with E-state index >= 15 is 0 Å². The molecule has 0 atom stereocenters. The van der Waals surface area contributed by atoms with Crippen LogP contribution in [0.2, 0.25) is 0 Å². The van der Waals surface area contributed by atoms with Gasteiger partial charge >= 0.3 is 0 Å². The third-order valence-electron chi connectivity index (χ3n) is 2.08. The van der Waals surface area contributed by atoms with Crippen LogP contribution in [0.4, 0.5) is 0 Å². The summed E-state index contributed by atoms with van der Waals surface area (Å²) in [5.41, 5.74) is 0.748. The number of carbonyl (C=O) groups is 2. The fourth-order valence-electron chi connectivity index (χ4n) is 1.22. The number of hydrogen-bond donors (Lipinski definition) is 0. The fraction of sp³-hybridized carbons (Fsp3) is 0.556. The molecule has 0 aliphatic carbocycles. The zero-order valence-corrected chi connectivity index (χ0v) is 8.88. The smallest absolute Gasteiger partial charge is 0.242 e. The van der Waals surface area contributed by atoms with E-state index in [9.17, 15) is 9.59 Å². The lowest BCUT2D eigenvalue weighted by molar-refractivity contribution is -0.148. The summed E-state index contributed by atoms with van der Waals surface area (Å²) in [7, 11) is 1.62. The molecule has 1 aliphatic rings. The quantitative estimate of drug-likeness (QED) is 0.495. The summed E-state index contributed by atoms with van der Waals surface area (Å²) >= 11 is 5.55. The number of amides is 2. The first-order valence-corrected chi connectivity index (χ1v) is 4.82. The predicted octanol–water partition coefficient (Wildman–Crippen LogP) is 0.0820. The summed E-state index contributed by atoms with van der Waals surface area (Å²) in [5.74, 6) is 0.207. The van der Waals surface area contributed by atoms with Gasteiger partial charge in [-0.3, -0.25) is 9.59 Å². The molecule has 0 bridgehead atoms. The second-order valence-corrected chi connectivity index (χ2v) is 3.65. The molecule has 1 fully saturated rings. The lowest BCUT2D eigenvalue weighted by Crippen LogP contribution is -2.52. The van der Waals surface area contributed by atoms with Crippen LogP contribution in [0.15, 0.2) is 12.2 Å². The topological polar surface area (TPSA) is 40.6 Å². The van der Waals surface area contributed by atoms with E-state index in [1.807, 2.05) is 0 Å². The van der Waals surface area contributed by atoms with E-state index in [4.69, 9.17) is 11.6 Å². The molecular weight excluding hydrogens is 204 g/mol. The average Bonchev–Trinajstić information content (AvgIpc) is 2.14. The molecule has 5 heteroatoms.